The van der Waals surface area contributed by atoms with Gasteiger partial charge in [0.2, 0.25) is 5.91 Å². The zero-order valence-corrected chi connectivity index (χ0v) is 21.8. The Morgan fingerprint density at radius 2 is 1.81 bits per heavy atom. The van der Waals surface area contributed by atoms with E-state index in [0.717, 1.165) is 45.4 Å². The van der Waals surface area contributed by atoms with Crippen LogP contribution in [0, 0.1) is 13.8 Å². The molecule has 0 atom stereocenters. The third-order valence-corrected chi connectivity index (χ3v) is 7.35. The van der Waals surface area contributed by atoms with Crippen molar-refractivity contribution in [3.8, 4) is 5.75 Å². The number of carbonyl (C=O) groups is 1. The van der Waals surface area contributed by atoms with Crippen LogP contribution in [0.1, 0.15) is 24.0 Å². The maximum Gasteiger partial charge on any atom is 0.228 e. The van der Waals surface area contributed by atoms with Crippen LogP contribution in [-0.2, 0) is 4.79 Å². The van der Waals surface area contributed by atoms with Gasteiger partial charge in [-0.05, 0) is 63.9 Å². The molecule has 0 N–H and O–H groups in total. The van der Waals surface area contributed by atoms with Crippen molar-refractivity contribution < 1.29 is 9.53 Å². The van der Waals surface area contributed by atoms with Gasteiger partial charge in [0, 0.05) is 24.4 Å². The molecular weight excluding hydrogens is 462 g/mol. The van der Waals surface area contributed by atoms with E-state index in [0.29, 0.717) is 13.0 Å². The highest BCUT2D eigenvalue weighted by Gasteiger charge is 2.21. The lowest BCUT2D eigenvalue weighted by Crippen LogP contribution is -2.36. The van der Waals surface area contributed by atoms with Crippen molar-refractivity contribution >= 4 is 56.8 Å². The van der Waals surface area contributed by atoms with Crippen LogP contribution in [0.15, 0.2) is 41.3 Å². The van der Waals surface area contributed by atoms with Crippen LogP contribution in [-0.4, -0.2) is 55.8 Å². The molecule has 0 spiro atoms. The first kappa shape index (κ1) is 26.5. The SMILES string of the molecule is COc1ccc(C)c2sc(N(CCN(C)C)C(=O)CCCSc3ccc(C)cc3)nc12.Cl. The lowest BCUT2D eigenvalue weighted by Gasteiger charge is -2.22. The smallest absolute Gasteiger partial charge is 0.228 e. The first-order valence-electron chi connectivity index (χ1n) is 10.5. The number of hydrogen-bond donors (Lipinski definition) is 0. The number of ether oxygens (including phenoxy) is 1. The lowest BCUT2D eigenvalue weighted by molar-refractivity contribution is -0.118. The fourth-order valence-electron chi connectivity index (χ4n) is 3.19. The Morgan fingerprint density at radius 1 is 1.09 bits per heavy atom. The third kappa shape index (κ3) is 6.85. The van der Waals surface area contributed by atoms with E-state index in [1.165, 1.54) is 10.5 Å². The second kappa shape index (κ2) is 12.4. The summed E-state index contributed by atoms with van der Waals surface area (Å²) in [6.45, 7) is 5.57. The fourth-order valence-corrected chi connectivity index (χ4v) is 5.14. The van der Waals surface area contributed by atoms with Crippen LogP contribution < -0.4 is 9.64 Å². The van der Waals surface area contributed by atoms with Crippen molar-refractivity contribution in [2.45, 2.75) is 31.6 Å². The normalized spacial score (nSPS) is 10.9. The molecule has 1 aromatic heterocycles. The Labute approximate surface area is 205 Å². The zero-order valence-electron chi connectivity index (χ0n) is 19.4. The van der Waals surface area contributed by atoms with Crippen molar-refractivity contribution in [3.05, 3.63) is 47.5 Å². The van der Waals surface area contributed by atoms with Gasteiger partial charge in [-0.25, -0.2) is 4.98 Å². The van der Waals surface area contributed by atoms with E-state index in [1.807, 2.05) is 31.1 Å². The number of nitrogens with zero attached hydrogens (tertiary/aromatic N) is 3. The van der Waals surface area contributed by atoms with Crippen molar-refractivity contribution in [1.29, 1.82) is 0 Å². The summed E-state index contributed by atoms with van der Waals surface area (Å²) in [5.41, 5.74) is 3.24. The second-order valence-electron chi connectivity index (χ2n) is 7.87. The van der Waals surface area contributed by atoms with Gasteiger partial charge in [-0.1, -0.05) is 35.1 Å². The fraction of sp³-hybridized carbons (Fsp3) is 0.417. The summed E-state index contributed by atoms with van der Waals surface area (Å²) < 4.78 is 6.57. The summed E-state index contributed by atoms with van der Waals surface area (Å²) in [7, 11) is 5.70. The lowest BCUT2D eigenvalue weighted by atomic mass is 10.2. The number of thiazole rings is 1. The number of benzene rings is 2. The number of thioether (sulfide) groups is 1. The summed E-state index contributed by atoms with van der Waals surface area (Å²) >= 11 is 3.37. The minimum atomic E-state index is 0. The molecule has 0 saturated heterocycles. The average molecular weight is 494 g/mol. The highest BCUT2D eigenvalue weighted by Crippen LogP contribution is 2.36. The number of methoxy groups -OCH3 is 1. The second-order valence-corrected chi connectivity index (χ2v) is 10.0. The Hall–Kier alpha value is -1.80. The predicted octanol–water partition coefficient (Wildman–Crippen LogP) is 5.81. The van der Waals surface area contributed by atoms with Crippen LogP contribution in [0.25, 0.3) is 10.2 Å². The molecule has 0 fully saturated rings. The van der Waals surface area contributed by atoms with Crippen LogP contribution >= 0.6 is 35.5 Å². The molecule has 8 heteroatoms. The minimum absolute atomic E-state index is 0. The third-order valence-electron chi connectivity index (χ3n) is 5.04. The number of halogens is 1. The van der Waals surface area contributed by atoms with Crippen LogP contribution in [0.2, 0.25) is 0 Å². The van der Waals surface area contributed by atoms with Gasteiger partial charge in [0.25, 0.3) is 0 Å². The number of aromatic nitrogens is 1. The van der Waals surface area contributed by atoms with Crippen LogP contribution in [0.3, 0.4) is 0 Å². The summed E-state index contributed by atoms with van der Waals surface area (Å²) in [5, 5.41) is 0.751. The van der Waals surface area contributed by atoms with E-state index in [9.17, 15) is 4.79 Å². The van der Waals surface area contributed by atoms with Crippen LogP contribution in [0.4, 0.5) is 5.13 Å². The quantitative estimate of drug-likeness (QED) is 0.263. The van der Waals surface area contributed by atoms with Gasteiger partial charge < -0.3 is 9.64 Å². The Kier molecular flexibility index (Phi) is 10.3. The average Bonchev–Trinajstić information content (AvgIpc) is 3.19. The first-order valence-corrected chi connectivity index (χ1v) is 12.3. The predicted molar refractivity (Wildman–Crippen MR) is 140 cm³/mol. The highest BCUT2D eigenvalue weighted by atomic mass is 35.5. The maximum absolute atomic E-state index is 13.2. The van der Waals surface area contributed by atoms with E-state index >= 15 is 0 Å². The maximum atomic E-state index is 13.2. The standard InChI is InChI=1S/C24H31N3O2S2.ClH/c1-17-8-11-19(12-9-17)30-16-6-7-21(28)27(15-14-26(3)4)24-25-22-20(29-5)13-10-18(2)23(22)31-24;/h8-13H,6-7,14-16H2,1-5H3;1H. The largest absolute Gasteiger partial charge is 0.494 e. The van der Waals surface area contributed by atoms with Gasteiger partial charge in [-0.3, -0.25) is 9.69 Å². The van der Waals surface area contributed by atoms with Crippen LogP contribution in [0.5, 0.6) is 5.75 Å². The minimum Gasteiger partial charge on any atom is -0.494 e. The molecule has 2 aromatic carbocycles. The monoisotopic (exact) mass is 493 g/mol. The topological polar surface area (TPSA) is 45.7 Å². The Balaban J connectivity index is 0.00000363. The van der Waals surface area contributed by atoms with E-state index in [-0.39, 0.29) is 18.3 Å². The van der Waals surface area contributed by atoms with Gasteiger partial charge in [0.05, 0.1) is 11.8 Å². The molecule has 0 radical (unpaired) electrons. The molecule has 5 nitrogen and oxygen atoms in total. The number of fused-ring (bicyclic) bond motifs is 1. The molecule has 0 aliphatic rings. The summed E-state index contributed by atoms with van der Waals surface area (Å²) in [4.78, 5) is 23.1. The van der Waals surface area contributed by atoms with Crippen molar-refractivity contribution in [2.75, 3.05) is 44.9 Å². The van der Waals surface area contributed by atoms with E-state index in [1.54, 1.807) is 30.2 Å². The number of hydrogen-bond acceptors (Lipinski definition) is 6. The number of rotatable bonds is 10. The van der Waals surface area contributed by atoms with Gasteiger partial charge in [-0.15, -0.1) is 24.2 Å². The van der Waals surface area contributed by atoms with Gasteiger partial charge >= 0.3 is 0 Å². The molecule has 32 heavy (non-hydrogen) atoms. The number of anilines is 1. The summed E-state index contributed by atoms with van der Waals surface area (Å²) in [5.74, 6) is 1.79. The number of carbonyl (C=O) groups excluding carboxylic acids is 1. The number of aryl methyl sites for hydroxylation is 2. The Bertz CT molecular complexity index is 1020. The van der Waals surface area contributed by atoms with Gasteiger partial charge in [0.15, 0.2) is 5.13 Å². The first-order chi connectivity index (χ1) is 14.9. The zero-order chi connectivity index (χ0) is 22.4. The molecule has 3 aromatic rings. The highest BCUT2D eigenvalue weighted by molar-refractivity contribution is 7.99. The number of amides is 1. The molecule has 0 unspecified atom stereocenters. The summed E-state index contributed by atoms with van der Waals surface area (Å²) in [6.07, 6.45) is 1.35. The molecule has 3 rings (SSSR count). The van der Waals surface area contributed by atoms with E-state index < -0.39 is 0 Å². The molecule has 0 aliphatic heterocycles. The molecule has 1 amide bonds. The number of likely N-dealkylation sites (N-methyl/N-ethyl adjacent to an activating group) is 1. The molecule has 1 heterocycles. The molecular formula is C24H32ClN3O2S2. The van der Waals surface area contributed by atoms with Crippen molar-refractivity contribution in [2.24, 2.45) is 0 Å². The summed E-state index contributed by atoms with van der Waals surface area (Å²) in [6, 6.07) is 12.5. The van der Waals surface area contributed by atoms with E-state index in [2.05, 4.69) is 43.0 Å². The van der Waals surface area contributed by atoms with Crippen molar-refractivity contribution in [1.82, 2.24) is 9.88 Å². The van der Waals surface area contributed by atoms with Crippen molar-refractivity contribution in [3.63, 3.8) is 0 Å². The molecule has 0 saturated carbocycles. The van der Waals surface area contributed by atoms with Gasteiger partial charge in [-0.2, -0.15) is 0 Å². The molecule has 174 valence electrons. The van der Waals surface area contributed by atoms with Gasteiger partial charge in [0.1, 0.15) is 11.3 Å². The molecule has 0 aliphatic carbocycles. The Morgan fingerprint density at radius 3 is 2.47 bits per heavy atom. The molecule has 0 bridgehead atoms. The van der Waals surface area contributed by atoms with E-state index in [4.69, 9.17) is 9.72 Å².